The molecule has 0 radical (unpaired) electrons. The van der Waals surface area contributed by atoms with E-state index in [9.17, 15) is 4.79 Å². The highest BCUT2D eigenvalue weighted by molar-refractivity contribution is 5.66. The third-order valence-corrected chi connectivity index (χ3v) is 2.27. The van der Waals surface area contributed by atoms with E-state index in [-0.39, 0.29) is 6.42 Å². The van der Waals surface area contributed by atoms with Gasteiger partial charge in [0.15, 0.2) is 0 Å². The standard InChI is InChI=1S/C11H24N2O2/c1-4-7-13(10-9-12(2)3)8-5-6-11(14)15/h4-10H2,1-3H3,(H,14,15). The molecule has 0 aromatic carbocycles. The van der Waals surface area contributed by atoms with Gasteiger partial charge in [-0.1, -0.05) is 6.92 Å². The Morgan fingerprint density at radius 2 is 1.80 bits per heavy atom. The third-order valence-electron chi connectivity index (χ3n) is 2.27. The molecule has 0 aliphatic carbocycles. The number of likely N-dealkylation sites (N-methyl/N-ethyl adjacent to an activating group) is 1. The topological polar surface area (TPSA) is 43.8 Å². The van der Waals surface area contributed by atoms with Crippen LogP contribution in [0.25, 0.3) is 0 Å². The van der Waals surface area contributed by atoms with Crippen LogP contribution in [0.2, 0.25) is 0 Å². The van der Waals surface area contributed by atoms with Gasteiger partial charge < -0.3 is 14.9 Å². The normalized spacial score (nSPS) is 11.3. The average Bonchev–Trinajstić information content (AvgIpc) is 2.13. The minimum atomic E-state index is -0.695. The number of nitrogens with zero attached hydrogens (tertiary/aromatic N) is 2. The second-order valence-corrected chi connectivity index (χ2v) is 4.14. The third kappa shape index (κ3) is 9.69. The summed E-state index contributed by atoms with van der Waals surface area (Å²) in [6, 6.07) is 0. The number of aliphatic carboxylic acids is 1. The van der Waals surface area contributed by atoms with Crippen molar-refractivity contribution in [2.75, 3.05) is 40.3 Å². The highest BCUT2D eigenvalue weighted by Gasteiger charge is 2.05. The van der Waals surface area contributed by atoms with E-state index in [2.05, 4.69) is 30.8 Å². The van der Waals surface area contributed by atoms with Gasteiger partial charge in [-0.15, -0.1) is 0 Å². The Hall–Kier alpha value is -0.610. The largest absolute Gasteiger partial charge is 0.481 e. The van der Waals surface area contributed by atoms with E-state index in [1.807, 2.05) is 0 Å². The lowest BCUT2D eigenvalue weighted by Gasteiger charge is -2.23. The van der Waals surface area contributed by atoms with E-state index in [1.54, 1.807) is 0 Å². The molecule has 0 fully saturated rings. The molecule has 0 rings (SSSR count). The number of carboxylic acids is 1. The molecule has 0 heterocycles. The first-order valence-electron chi connectivity index (χ1n) is 5.65. The van der Waals surface area contributed by atoms with Gasteiger partial charge in [-0.3, -0.25) is 4.79 Å². The summed E-state index contributed by atoms with van der Waals surface area (Å²) >= 11 is 0. The molecule has 0 bridgehead atoms. The first kappa shape index (κ1) is 14.4. The number of hydrogen-bond acceptors (Lipinski definition) is 3. The van der Waals surface area contributed by atoms with Crippen LogP contribution in [0.4, 0.5) is 0 Å². The number of carboxylic acid groups (broad SMARTS) is 1. The van der Waals surface area contributed by atoms with Crippen LogP contribution in [0.1, 0.15) is 26.2 Å². The van der Waals surface area contributed by atoms with Crippen LogP contribution in [0.15, 0.2) is 0 Å². The van der Waals surface area contributed by atoms with Gasteiger partial charge in [-0.2, -0.15) is 0 Å². The molecule has 0 amide bonds. The van der Waals surface area contributed by atoms with Crippen LogP contribution in [-0.4, -0.2) is 61.2 Å². The first-order valence-corrected chi connectivity index (χ1v) is 5.65. The molecule has 0 aliphatic rings. The van der Waals surface area contributed by atoms with Crippen molar-refractivity contribution < 1.29 is 9.90 Å². The molecule has 4 heteroatoms. The second-order valence-electron chi connectivity index (χ2n) is 4.14. The van der Waals surface area contributed by atoms with E-state index < -0.39 is 5.97 Å². The van der Waals surface area contributed by atoms with Crippen molar-refractivity contribution in [3.05, 3.63) is 0 Å². The Morgan fingerprint density at radius 1 is 1.13 bits per heavy atom. The van der Waals surface area contributed by atoms with Gasteiger partial charge in [0.05, 0.1) is 0 Å². The van der Waals surface area contributed by atoms with Gasteiger partial charge in [-0.25, -0.2) is 0 Å². The Morgan fingerprint density at radius 3 is 2.27 bits per heavy atom. The van der Waals surface area contributed by atoms with Crippen LogP contribution >= 0.6 is 0 Å². The van der Waals surface area contributed by atoms with E-state index in [0.717, 1.165) is 39.0 Å². The molecule has 0 spiro atoms. The van der Waals surface area contributed by atoms with Crippen LogP contribution < -0.4 is 0 Å². The smallest absolute Gasteiger partial charge is 0.303 e. The molecular weight excluding hydrogens is 192 g/mol. The molecule has 1 N–H and O–H groups in total. The summed E-state index contributed by atoms with van der Waals surface area (Å²) < 4.78 is 0. The van der Waals surface area contributed by atoms with Crippen LogP contribution in [-0.2, 0) is 4.79 Å². The van der Waals surface area contributed by atoms with Crippen molar-refractivity contribution in [3.63, 3.8) is 0 Å². The van der Waals surface area contributed by atoms with Crippen molar-refractivity contribution in [3.8, 4) is 0 Å². The Bertz CT molecular complexity index is 172. The molecule has 4 nitrogen and oxygen atoms in total. The zero-order chi connectivity index (χ0) is 11.7. The fraction of sp³-hybridized carbons (Fsp3) is 0.909. The molecule has 0 atom stereocenters. The molecule has 0 aromatic rings. The van der Waals surface area contributed by atoms with Gasteiger partial charge in [0.25, 0.3) is 0 Å². The molecule has 90 valence electrons. The van der Waals surface area contributed by atoms with Gasteiger partial charge in [-0.05, 0) is 40.0 Å². The maximum absolute atomic E-state index is 10.4. The van der Waals surface area contributed by atoms with Gasteiger partial charge >= 0.3 is 5.97 Å². The zero-order valence-corrected chi connectivity index (χ0v) is 10.2. The number of hydrogen-bond donors (Lipinski definition) is 1. The zero-order valence-electron chi connectivity index (χ0n) is 10.2. The second kappa shape index (κ2) is 8.68. The van der Waals surface area contributed by atoms with Gasteiger partial charge in [0.2, 0.25) is 0 Å². The molecule has 0 aromatic heterocycles. The van der Waals surface area contributed by atoms with Gasteiger partial charge in [0, 0.05) is 19.5 Å². The van der Waals surface area contributed by atoms with E-state index >= 15 is 0 Å². The minimum absolute atomic E-state index is 0.280. The van der Waals surface area contributed by atoms with Crippen molar-refractivity contribution in [1.82, 2.24) is 9.80 Å². The molecule has 0 saturated heterocycles. The Kier molecular flexibility index (Phi) is 8.33. The molecule has 15 heavy (non-hydrogen) atoms. The average molecular weight is 216 g/mol. The first-order chi connectivity index (χ1) is 7.06. The van der Waals surface area contributed by atoms with Gasteiger partial charge in [0.1, 0.15) is 0 Å². The monoisotopic (exact) mass is 216 g/mol. The number of carbonyl (C=O) groups is 1. The molecular formula is C11H24N2O2. The predicted molar refractivity (Wildman–Crippen MR) is 62.2 cm³/mol. The lowest BCUT2D eigenvalue weighted by atomic mass is 10.3. The Balaban J connectivity index is 3.67. The lowest BCUT2D eigenvalue weighted by Crippen LogP contribution is -2.33. The van der Waals surface area contributed by atoms with Crippen molar-refractivity contribution in [2.24, 2.45) is 0 Å². The van der Waals surface area contributed by atoms with Crippen LogP contribution in [0.3, 0.4) is 0 Å². The SMILES string of the molecule is CCCN(CCCC(=O)O)CCN(C)C. The summed E-state index contributed by atoms with van der Waals surface area (Å²) in [4.78, 5) is 14.9. The van der Waals surface area contributed by atoms with Crippen molar-refractivity contribution >= 4 is 5.97 Å². The quantitative estimate of drug-likeness (QED) is 0.627. The summed E-state index contributed by atoms with van der Waals surface area (Å²) in [5, 5.41) is 8.55. The van der Waals surface area contributed by atoms with Crippen molar-refractivity contribution in [2.45, 2.75) is 26.2 Å². The molecule has 0 aliphatic heterocycles. The summed E-state index contributed by atoms with van der Waals surface area (Å²) in [7, 11) is 4.11. The highest BCUT2D eigenvalue weighted by Crippen LogP contribution is 1.97. The fourth-order valence-electron chi connectivity index (χ4n) is 1.45. The molecule has 0 saturated carbocycles. The predicted octanol–water partition coefficient (Wildman–Crippen LogP) is 1.12. The van der Waals surface area contributed by atoms with E-state index in [0.29, 0.717) is 0 Å². The fourth-order valence-corrected chi connectivity index (χ4v) is 1.45. The summed E-state index contributed by atoms with van der Waals surface area (Å²) in [5.74, 6) is -0.695. The molecule has 0 unspecified atom stereocenters. The van der Waals surface area contributed by atoms with Crippen LogP contribution in [0.5, 0.6) is 0 Å². The summed E-state index contributed by atoms with van der Waals surface area (Å²) in [6.45, 7) is 6.18. The summed E-state index contributed by atoms with van der Waals surface area (Å²) in [6.07, 6.45) is 2.16. The minimum Gasteiger partial charge on any atom is -0.481 e. The highest BCUT2D eigenvalue weighted by atomic mass is 16.4. The van der Waals surface area contributed by atoms with Crippen LogP contribution in [0, 0.1) is 0 Å². The number of rotatable bonds is 9. The van der Waals surface area contributed by atoms with E-state index in [4.69, 9.17) is 5.11 Å². The summed E-state index contributed by atoms with van der Waals surface area (Å²) in [5.41, 5.74) is 0. The lowest BCUT2D eigenvalue weighted by molar-refractivity contribution is -0.137. The van der Waals surface area contributed by atoms with Crippen molar-refractivity contribution in [1.29, 1.82) is 0 Å². The Labute approximate surface area is 92.9 Å². The van der Waals surface area contributed by atoms with E-state index in [1.165, 1.54) is 0 Å². The maximum Gasteiger partial charge on any atom is 0.303 e. The maximum atomic E-state index is 10.4.